The zero-order valence-corrected chi connectivity index (χ0v) is 13.7. The maximum atomic E-state index is 12.4. The smallest absolute Gasteiger partial charge is 0.316 e. The normalized spacial score (nSPS) is 27.1. The minimum absolute atomic E-state index is 0.0542. The number of nitrogens with zero attached hydrogens (tertiary/aromatic N) is 4. The molecule has 7 nitrogen and oxygen atoms in total. The van der Waals surface area contributed by atoms with Crippen LogP contribution < -0.4 is 4.74 Å². The Hall–Kier alpha value is -1.73. The number of morpholine rings is 1. The summed E-state index contributed by atoms with van der Waals surface area (Å²) >= 11 is 0. The van der Waals surface area contributed by atoms with Crippen LogP contribution in [0.3, 0.4) is 0 Å². The van der Waals surface area contributed by atoms with Gasteiger partial charge in [-0.3, -0.25) is 4.79 Å². The molecule has 1 aliphatic carbocycles. The topological polar surface area (TPSA) is 67.8 Å². The summed E-state index contributed by atoms with van der Waals surface area (Å²) in [7, 11) is 3.84. The quantitative estimate of drug-likeness (QED) is 0.783. The van der Waals surface area contributed by atoms with E-state index in [1.54, 1.807) is 18.5 Å². The Morgan fingerprint density at radius 3 is 2.91 bits per heavy atom. The number of amides is 1. The number of rotatable bonds is 5. The molecular weight excluding hydrogens is 296 g/mol. The summed E-state index contributed by atoms with van der Waals surface area (Å²) in [4.78, 5) is 24.5. The van der Waals surface area contributed by atoms with E-state index in [0.29, 0.717) is 32.3 Å². The molecule has 0 aromatic carbocycles. The maximum absolute atomic E-state index is 12.4. The van der Waals surface area contributed by atoms with E-state index in [9.17, 15) is 4.79 Å². The van der Waals surface area contributed by atoms with Crippen molar-refractivity contribution in [2.45, 2.75) is 25.0 Å². The van der Waals surface area contributed by atoms with Gasteiger partial charge in [0.2, 0.25) is 5.91 Å². The van der Waals surface area contributed by atoms with Crippen molar-refractivity contribution in [3.63, 3.8) is 0 Å². The fourth-order valence-corrected chi connectivity index (χ4v) is 3.45. The van der Waals surface area contributed by atoms with E-state index in [1.807, 2.05) is 23.9 Å². The zero-order valence-electron chi connectivity index (χ0n) is 13.7. The second kappa shape index (κ2) is 7.23. The van der Waals surface area contributed by atoms with Crippen LogP contribution in [-0.4, -0.2) is 78.2 Å². The van der Waals surface area contributed by atoms with Crippen LogP contribution >= 0.6 is 0 Å². The minimum atomic E-state index is 0.0542. The predicted molar refractivity (Wildman–Crippen MR) is 84.0 cm³/mol. The van der Waals surface area contributed by atoms with Crippen molar-refractivity contribution in [2.75, 3.05) is 40.4 Å². The summed E-state index contributed by atoms with van der Waals surface area (Å²) in [5.74, 6) is 0.458. The van der Waals surface area contributed by atoms with Crippen LogP contribution in [0.15, 0.2) is 18.5 Å². The first-order valence-electron chi connectivity index (χ1n) is 8.11. The zero-order chi connectivity index (χ0) is 16.2. The number of carbonyl (C=O) groups is 1. The number of aromatic nitrogens is 2. The third-order valence-corrected chi connectivity index (χ3v) is 4.46. The molecule has 1 aromatic rings. The highest BCUT2D eigenvalue weighted by Gasteiger charge is 2.44. The van der Waals surface area contributed by atoms with Crippen LogP contribution in [0.25, 0.3) is 0 Å². The summed E-state index contributed by atoms with van der Waals surface area (Å²) in [5.41, 5.74) is 0. The Bertz CT molecular complexity index is 525. The molecular formula is C16H24N4O3. The molecule has 1 aliphatic heterocycles. The first-order chi connectivity index (χ1) is 11.1. The molecule has 0 spiro atoms. The van der Waals surface area contributed by atoms with Crippen molar-refractivity contribution in [2.24, 2.45) is 5.92 Å². The van der Waals surface area contributed by atoms with Crippen LogP contribution in [0.5, 0.6) is 6.01 Å². The van der Waals surface area contributed by atoms with E-state index in [-0.39, 0.29) is 24.0 Å². The van der Waals surface area contributed by atoms with E-state index >= 15 is 0 Å². The van der Waals surface area contributed by atoms with Gasteiger partial charge in [-0.05, 0) is 33.0 Å². The summed E-state index contributed by atoms with van der Waals surface area (Å²) in [6.45, 7) is 2.25. The Labute approximate surface area is 136 Å². The van der Waals surface area contributed by atoms with Crippen molar-refractivity contribution >= 4 is 5.91 Å². The van der Waals surface area contributed by atoms with Crippen molar-refractivity contribution in [1.82, 2.24) is 19.8 Å². The van der Waals surface area contributed by atoms with Crippen molar-refractivity contribution in [3.8, 4) is 6.01 Å². The lowest BCUT2D eigenvalue weighted by Gasteiger charge is -2.39. The maximum Gasteiger partial charge on any atom is 0.316 e. The molecule has 0 bridgehead atoms. The van der Waals surface area contributed by atoms with Gasteiger partial charge in [0.15, 0.2) is 0 Å². The SMILES string of the molecule is CN(C)CC(=O)N1CCOC2C(COc3ncccn3)CCC21. The number of ether oxygens (including phenoxy) is 2. The number of carbonyl (C=O) groups excluding carboxylic acids is 1. The molecule has 1 aromatic heterocycles. The average Bonchev–Trinajstić information content (AvgIpc) is 2.96. The molecule has 1 amide bonds. The fourth-order valence-electron chi connectivity index (χ4n) is 3.45. The van der Waals surface area contributed by atoms with Crippen LogP contribution in [0, 0.1) is 5.92 Å². The third-order valence-electron chi connectivity index (χ3n) is 4.46. The number of hydrogen-bond acceptors (Lipinski definition) is 6. The molecule has 3 rings (SSSR count). The van der Waals surface area contributed by atoms with Gasteiger partial charge in [-0.1, -0.05) is 0 Å². The van der Waals surface area contributed by atoms with Gasteiger partial charge >= 0.3 is 6.01 Å². The van der Waals surface area contributed by atoms with Crippen molar-refractivity contribution < 1.29 is 14.3 Å². The Balaban J connectivity index is 1.58. The second-order valence-corrected chi connectivity index (χ2v) is 6.41. The van der Waals surface area contributed by atoms with Crippen LogP contribution in [0.2, 0.25) is 0 Å². The lowest BCUT2D eigenvalue weighted by molar-refractivity contribution is -0.147. The molecule has 1 saturated carbocycles. The predicted octanol–water partition coefficient (Wildman–Crippen LogP) is 0.423. The second-order valence-electron chi connectivity index (χ2n) is 6.41. The summed E-state index contributed by atoms with van der Waals surface area (Å²) in [6, 6.07) is 2.32. The fraction of sp³-hybridized carbons (Fsp3) is 0.688. The van der Waals surface area contributed by atoms with E-state index in [4.69, 9.17) is 9.47 Å². The molecule has 2 aliphatic rings. The molecule has 126 valence electrons. The van der Waals surface area contributed by atoms with Crippen LogP contribution in [0.1, 0.15) is 12.8 Å². The summed E-state index contributed by atoms with van der Waals surface area (Å²) < 4.78 is 11.6. The van der Waals surface area contributed by atoms with Gasteiger partial charge in [0, 0.05) is 24.9 Å². The van der Waals surface area contributed by atoms with E-state index in [0.717, 1.165) is 12.8 Å². The first kappa shape index (κ1) is 16.1. The van der Waals surface area contributed by atoms with Gasteiger partial charge < -0.3 is 19.3 Å². The van der Waals surface area contributed by atoms with Crippen LogP contribution in [0.4, 0.5) is 0 Å². The lowest BCUT2D eigenvalue weighted by atomic mass is 10.0. The highest BCUT2D eigenvalue weighted by Crippen LogP contribution is 2.35. The number of fused-ring (bicyclic) bond motifs is 1. The van der Waals surface area contributed by atoms with Gasteiger partial charge in [-0.25, -0.2) is 9.97 Å². The van der Waals surface area contributed by atoms with Gasteiger partial charge in [-0.2, -0.15) is 0 Å². The van der Waals surface area contributed by atoms with Gasteiger partial charge in [-0.15, -0.1) is 0 Å². The van der Waals surface area contributed by atoms with E-state index in [1.165, 1.54) is 0 Å². The monoisotopic (exact) mass is 320 g/mol. The van der Waals surface area contributed by atoms with E-state index < -0.39 is 0 Å². The Morgan fingerprint density at radius 1 is 1.39 bits per heavy atom. The van der Waals surface area contributed by atoms with Gasteiger partial charge in [0.25, 0.3) is 0 Å². The summed E-state index contributed by atoms with van der Waals surface area (Å²) in [5, 5.41) is 0. The largest absolute Gasteiger partial charge is 0.463 e. The third kappa shape index (κ3) is 3.79. The van der Waals surface area contributed by atoms with Gasteiger partial charge in [0.05, 0.1) is 31.9 Å². The molecule has 3 unspecified atom stereocenters. The van der Waals surface area contributed by atoms with E-state index in [2.05, 4.69) is 9.97 Å². The Kier molecular flexibility index (Phi) is 5.07. The Morgan fingerprint density at radius 2 is 2.17 bits per heavy atom. The molecule has 0 radical (unpaired) electrons. The highest BCUT2D eigenvalue weighted by atomic mass is 16.5. The van der Waals surface area contributed by atoms with Crippen molar-refractivity contribution in [3.05, 3.63) is 18.5 Å². The molecule has 3 atom stereocenters. The van der Waals surface area contributed by atoms with Crippen LogP contribution in [-0.2, 0) is 9.53 Å². The number of hydrogen-bond donors (Lipinski definition) is 0. The molecule has 2 heterocycles. The van der Waals surface area contributed by atoms with Crippen molar-refractivity contribution in [1.29, 1.82) is 0 Å². The first-order valence-corrected chi connectivity index (χ1v) is 8.11. The lowest BCUT2D eigenvalue weighted by Crippen LogP contribution is -2.54. The standard InChI is InChI=1S/C16H24N4O3/c1-19(2)10-14(21)20-8-9-22-15-12(4-5-13(15)20)11-23-16-17-6-3-7-18-16/h3,6-7,12-13,15H,4-5,8-11H2,1-2H3. The highest BCUT2D eigenvalue weighted by molar-refractivity contribution is 5.78. The summed E-state index contributed by atoms with van der Waals surface area (Å²) in [6.07, 6.45) is 5.34. The molecule has 7 heteroatoms. The van der Waals surface area contributed by atoms with Gasteiger partial charge in [0.1, 0.15) is 0 Å². The molecule has 0 N–H and O–H groups in total. The number of likely N-dealkylation sites (N-methyl/N-ethyl adjacent to an activating group) is 1. The molecule has 23 heavy (non-hydrogen) atoms. The molecule has 2 fully saturated rings. The minimum Gasteiger partial charge on any atom is -0.463 e. The average molecular weight is 320 g/mol. The molecule has 1 saturated heterocycles.